The maximum Gasteiger partial charge on any atom is 0.267 e. The van der Waals surface area contributed by atoms with Gasteiger partial charge >= 0.3 is 0 Å². The monoisotopic (exact) mass is 232 g/mol. The van der Waals surface area contributed by atoms with Crippen LogP contribution >= 0.6 is 0 Å². The van der Waals surface area contributed by atoms with E-state index in [0.29, 0.717) is 11.3 Å². The Labute approximate surface area is 88.1 Å². The molecule has 0 radical (unpaired) electrons. The van der Waals surface area contributed by atoms with Crippen LogP contribution in [-0.2, 0) is 10.1 Å². The van der Waals surface area contributed by atoms with Crippen LogP contribution < -0.4 is 4.74 Å². The zero-order valence-corrected chi connectivity index (χ0v) is 8.94. The summed E-state index contributed by atoms with van der Waals surface area (Å²) < 4.78 is 34.5. The topological polar surface area (TPSA) is 83.8 Å². The van der Waals surface area contributed by atoms with Crippen molar-refractivity contribution >= 4 is 10.1 Å². The van der Waals surface area contributed by atoms with Gasteiger partial charge in [0.2, 0.25) is 0 Å². The van der Waals surface area contributed by atoms with E-state index in [2.05, 4.69) is 0 Å². The molecule has 0 aliphatic rings. The summed E-state index contributed by atoms with van der Waals surface area (Å²) >= 11 is 0. The highest BCUT2D eigenvalue weighted by atomic mass is 32.2. The second-order valence-corrected chi connectivity index (χ2v) is 4.53. The number of aliphatic hydroxyl groups is 1. The Hall–Kier alpha value is -1.11. The van der Waals surface area contributed by atoms with Crippen molar-refractivity contribution in [2.24, 2.45) is 0 Å². The second kappa shape index (κ2) is 4.61. The summed E-state index contributed by atoms with van der Waals surface area (Å²) in [6.45, 7) is 0. The number of aliphatic hydroxyl groups excluding tert-OH is 1. The van der Waals surface area contributed by atoms with Crippen LogP contribution in [0.5, 0.6) is 5.75 Å². The number of hydrogen-bond acceptors (Lipinski definition) is 4. The average Bonchev–Trinajstić information content (AvgIpc) is 2.15. The smallest absolute Gasteiger partial charge is 0.267 e. The minimum Gasteiger partial charge on any atom is -0.497 e. The predicted molar refractivity (Wildman–Crippen MR) is 54.4 cm³/mol. The number of rotatable bonds is 4. The third kappa shape index (κ3) is 3.86. The highest BCUT2D eigenvalue weighted by molar-refractivity contribution is 7.85. The zero-order chi connectivity index (χ0) is 11.5. The van der Waals surface area contributed by atoms with Gasteiger partial charge in [0.25, 0.3) is 10.1 Å². The molecule has 0 amide bonds. The second-order valence-electron chi connectivity index (χ2n) is 3.04. The Morgan fingerprint density at radius 1 is 1.33 bits per heavy atom. The van der Waals surface area contributed by atoms with E-state index in [-0.39, 0.29) is 0 Å². The molecule has 0 aliphatic heterocycles. The van der Waals surface area contributed by atoms with Gasteiger partial charge in [0, 0.05) is 0 Å². The molecule has 0 saturated heterocycles. The Kier molecular flexibility index (Phi) is 3.67. The highest BCUT2D eigenvalue weighted by Crippen LogP contribution is 2.18. The first-order chi connectivity index (χ1) is 6.92. The van der Waals surface area contributed by atoms with E-state index in [1.165, 1.54) is 19.2 Å². The standard InChI is InChI=1S/C9H12O5S/c1-14-8-4-2-7(3-5-8)9(10)6-15(11,12)13/h2-5,9-10H,6H2,1H3,(H,11,12,13). The summed E-state index contributed by atoms with van der Waals surface area (Å²) in [5.41, 5.74) is 0.411. The molecule has 1 aromatic rings. The molecule has 6 heteroatoms. The number of ether oxygens (including phenoxy) is 1. The van der Waals surface area contributed by atoms with Crippen molar-refractivity contribution in [3.8, 4) is 5.75 Å². The van der Waals surface area contributed by atoms with Crippen molar-refractivity contribution in [2.45, 2.75) is 6.10 Å². The molecule has 1 atom stereocenters. The Morgan fingerprint density at radius 2 is 1.87 bits per heavy atom. The molecule has 2 N–H and O–H groups in total. The lowest BCUT2D eigenvalue weighted by Crippen LogP contribution is -2.13. The first-order valence-corrected chi connectivity index (χ1v) is 5.80. The number of hydrogen-bond donors (Lipinski definition) is 2. The molecule has 1 rings (SSSR count). The van der Waals surface area contributed by atoms with Gasteiger partial charge in [0.05, 0.1) is 13.2 Å². The number of methoxy groups -OCH3 is 1. The molecule has 0 aliphatic carbocycles. The van der Waals surface area contributed by atoms with Crippen molar-refractivity contribution in [1.82, 2.24) is 0 Å². The van der Waals surface area contributed by atoms with Gasteiger partial charge < -0.3 is 9.84 Å². The van der Waals surface area contributed by atoms with E-state index >= 15 is 0 Å². The van der Waals surface area contributed by atoms with Crippen LogP contribution in [0.2, 0.25) is 0 Å². The highest BCUT2D eigenvalue weighted by Gasteiger charge is 2.15. The fourth-order valence-corrected chi connectivity index (χ4v) is 1.71. The summed E-state index contributed by atoms with van der Waals surface area (Å²) in [5.74, 6) is -0.0999. The van der Waals surface area contributed by atoms with Crippen LogP contribution in [0, 0.1) is 0 Å². The van der Waals surface area contributed by atoms with Crippen molar-refractivity contribution in [3.63, 3.8) is 0 Å². The van der Waals surface area contributed by atoms with Crippen LogP contribution in [-0.4, -0.2) is 30.9 Å². The minimum atomic E-state index is -4.17. The van der Waals surface area contributed by atoms with E-state index in [1.54, 1.807) is 12.1 Å². The molecular weight excluding hydrogens is 220 g/mol. The molecule has 15 heavy (non-hydrogen) atoms. The first-order valence-electron chi connectivity index (χ1n) is 4.19. The average molecular weight is 232 g/mol. The maximum absolute atomic E-state index is 10.5. The van der Waals surface area contributed by atoms with E-state index in [9.17, 15) is 13.5 Å². The van der Waals surface area contributed by atoms with Crippen LogP contribution in [0.4, 0.5) is 0 Å². The van der Waals surface area contributed by atoms with Gasteiger partial charge in [-0.05, 0) is 17.7 Å². The summed E-state index contributed by atoms with van der Waals surface area (Å²) in [5, 5.41) is 9.44. The molecular formula is C9H12O5S. The van der Waals surface area contributed by atoms with Crippen molar-refractivity contribution < 1.29 is 22.8 Å². The third-order valence-electron chi connectivity index (χ3n) is 1.87. The normalized spacial score (nSPS) is 13.5. The van der Waals surface area contributed by atoms with Gasteiger partial charge in [-0.15, -0.1) is 0 Å². The fraction of sp³-hybridized carbons (Fsp3) is 0.333. The van der Waals surface area contributed by atoms with Crippen molar-refractivity contribution in [1.29, 1.82) is 0 Å². The van der Waals surface area contributed by atoms with Crippen molar-refractivity contribution in [3.05, 3.63) is 29.8 Å². The third-order valence-corrected chi connectivity index (χ3v) is 2.61. The molecule has 0 aromatic heterocycles. The van der Waals surface area contributed by atoms with Gasteiger partial charge in [0.15, 0.2) is 0 Å². The predicted octanol–water partition coefficient (Wildman–Crippen LogP) is 0.616. The Bertz CT molecular complexity index is 409. The summed E-state index contributed by atoms with van der Waals surface area (Å²) in [4.78, 5) is 0. The first kappa shape index (κ1) is 12.0. The molecule has 0 bridgehead atoms. The fourth-order valence-electron chi connectivity index (χ4n) is 1.12. The molecule has 0 saturated carbocycles. The molecule has 84 valence electrons. The van der Waals surface area contributed by atoms with Gasteiger partial charge in [-0.1, -0.05) is 12.1 Å². The van der Waals surface area contributed by atoms with E-state index in [0.717, 1.165) is 0 Å². The lowest BCUT2D eigenvalue weighted by Gasteiger charge is -2.09. The molecule has 1 aromatic carbocycles. The summed E-state index contributed by atoms with van der Waals surface area (Å²) in [6, 6.07) is 6.27. The van der Waals surface area contributed by atoms with E-state index < -0.39 is 22.0 Å². The summed E-state index contributed by atoms with van der Waals surface area (Å²) in [6.07, 6.45) is -1.23. The lowest BCUT2D eigenvalue weighted by atomic mass is 10.1. The quantitative estimate of drug-likeness (QED) is 0.743. The molecule has 5 nitrogen and oxygen atoms in total. The van der Waals surface area contributed by atoms with Crippen molar-refractivity contribution in [2.75, 3.05) is 12.9 Å². The zero-order valence-electron chi connectivity index (χ0n) is 8.12. The Balaban J connectivity index is 2.78. The maximum atomic E-state index is 10.5. The van der Waals surface area contributed by atoms with Gasteiger partial charge in [-0.2, -0.15) is 8.42 Å². The minimum absolute atomic E-state index is 0.411. The van der Waals surface area contributed by atoms with Gasteiger partial charge in [-0.3, -0.25) is 4.55 Å². The van der Waals surface area contributed by atoms with Gasteiger partial charge in [-0.25, -0.2) is 0 Å². The molecule has 1 unspecified atom stereocenters. The molecule has 0 fully saturated rings. The SMILES string of the molecule is COc1ccc(C(O)CS(=O)(=O)O)cc1. The number of benzene rings is 1. The van der Waals surface area contributed by atoms with E-state index in [4.69, 9.17) is 9.29 Å². The molecule has 0 spiro atoms. The largest absolute Gasteiger partial charge is 0.497 e. The summed E-state index contributed by atoms with van der Waals surface area (Å²) in [7, 11) is -2.66. The lowest BCUT2D eigenvalue weighted by molar-refractivity contribution is 0.199. The van der Waals surface area contributed by atoms with Crippen LogP contribution in [0.25, 0.3) is 0 Å². The van der Waals surface area contributed by atoms with Gasteiger partial charge in [0.1, 0.15) is 11.5 Å². The van der Waals surface area contributed by atoms with Crippen LogP contribution in [0.3, 0.4) is 0 Å². The Morgan fingerprint density at radius 3 is 2.27 bits per heavy atom. The molecule has 0 heterocycles. The van der Waals surface area contributed by atoms with Crippen LogP contribution in [0.1, 0.15) is 11.7 Å². The van der Waals surface area contributed by atoms with E-state index in [1.807, 2.05) is 0 Å². The van der Waals surface area contributed by atoms with Crippen LogP contribution in [0.15, 0.2) is 24.3 Å².